The Morgan fingerprint density at radius 1 is 0.933 bits per heavy atom. The first-order valence-corrected chi connectivity index (χ1v) is 9.96. The molecule has 1 N–H and O–H groups in total. The van der Waals surface area contributed by atoms with Crippen LogP contribution in [-0.4, -0.2) is 29.9 Å². The molecular formula is C24H28N2O4. The Labute approximate surface area is 177 Å². The number of fused-ring (bicyclic) bond motifs is 1. The molecular weight excluding hydrogens is 380 g/mol. The number of rotatable bonds is 3. The summed E-state index contributed by atoms with van der Waals surface area (Å²) in [6, 6.07) is 7.08. The van der Waals surface area contributed by atoms with Crippen LogP contribution >= 0.6 is 0 Å². The van der Waals surface area contributed by atoms with E-state index in [0.29, 0.717) is 16.9 Å². The summed E-state index contributed by atoms with van der Waals surface area (Å²) in [5.41, 5.74) is 5.47. The summed E-state index contributed by atoms with van der Waals surface area (Å²) in [6.45, 7) is 12.6. The molecule has 0 saturated carbocycles. The molecule has 6 heteroatoms. The van der Waals surface area contributed by atoms with E-state index in [4.69, 9.17) is 4.74 Å². The predicted molar refractivity (Wildman–Crippen MR) is 117 cm³/mol. The topological polar surface area (TPSA) is 75.7 Å². The van der Waals surface area contributed by atoms with Crippen LogP contribution in [0.5, 0.6) is 0 Å². The zero-order chi connectivity index (χ0) is 22.4. The zero-order valence-electron chi connectivity index (χ0n) is 18.6. The van der Waals surface area contributed by atoms with E-state index >= 15 is 0 Å². The van der Waals surface area contributed by atoms with Crippen LogP contribution < -0.4 is 10.2 Å². The summed E-state index contributed by atoms with van der Waals surface area (Å²) >= 11 is 0. The minimum absolute atomic E-state index is 0.294. The van der Waals surface area contributed by atoms with Crippen LogP contribution in [0, 0.1) is 34.6 Å². The van der Waals surface area contributed by atoms with Crippen LogP contribution in [0.1, 0.15) is 52.0 Å². The van der Waals surface area contributed by atoms with Crippen molar-refractivity contribution in [1.29, 1.82) is 0 Å². The fourth-order valence-electron chi connectivity index (χ4n) is 3.97. The summed E-state index contributed by atoms with van der Waals surface area (Å²) in [5, 5.41) is 2.82. The average molecular weight is 408 g/mol. The highest BCUT2D eigenvalue weighted by molar-refractivity contribution is 6.14. The Bertz CT molecular complexity index is 1040. The number of para-hydroxylation sites is 2. The van der Waals surface area contributed by atoms with Gasteiger partial charge in [0.2, 0.25) is 5.91 Å². The van der Waals surface area contributed by atoms with Crippen molar-refractivity contribution in [2.24, 2.45) is 0 Å². The third-order valence-electron chi connectivity index (χ3n) is 6.29. The average Bonchev–Trinajstić information content (AvgIpc) is 2.70. The number of benzene rings is 2. The fourth-order valence-corrected chi connectivity index (χ4v) is 3.97. The van der Waals surface area contributed by atoms with Crippen molar-refractivity contribution in [3.63, 3.8) is 0 Å². The molecule has 2 amide bonds. The molecule has 0 aromatic heterocycles. The quantitative estimate of drug-likeness (QED) is 0.774. The van der Waals surface area contributed by atoms with E-state index in [9.17, 15) is 14.4 Å². The van der Waals surface area contributed by atoms with Gasteiger partial charge >= 0.3 is 5.97 Å². The maximum Gasteiger partial charge on any atom is 0.339 e. The second-order valence-corrected chi connectivity index (χ2v) is 8.34. The van der Waals surface area contributed by atoms with Gasteiger partial charge in [-0.2, -0.15) is 0 Å². The number of amides is 2. The molecule has 158 valence electrons. The van der Waals surface area contributed by atoms with Crippen LogP contribution in [-0.2, 0) is 14.3 Å². The van der Waals surface area contributed by atoms with Crippen molar-refractivity contribution < 1.29 is 19.1 Å². The van der Waals surface area contributed by atoms with Crippen molar-refractivity contribution in [2.45, 2.75) is 54.0 Å². The second kappa shape index (κ2) is 7.59. The number of ether oxygens (including phenoxy) is 1. The smallest absolute Gasteiger partial charge is 0.339 e. The van der Waals surface area contributed by atoms with Gasteiger partial charge in [-0.1, -0.05) is 12.1 Å². The molecule has 30 heavy (non-hydrogen) atoms. The number of nitrogens with one attached hydrogen (secondary N) is 1. The van der Waals surface area contributed by atoms with E-state index < -0.39 is 24.0 Å². The first kappa shape index (κ1) is 21.6. The number of carbonyl (C=O) groups excluding carboxylic acids is 3. The highest BCUT2D eigenvalue weighted by Gasteiger charge is 2.43. The van der Waals surface area contributed by atoms with Crippen LogP contribution in [0.2, 0.25) is 0 Å². The Morgan fingerprint density at radius 3 is 2.07 bits per heavy atom. The summed E-state index contributed by atoms with van der Waals surface area (Å²) in [7, 11) is 0. The van der Waals surface area contributed by atoms with E-state index in [1.54, 1.807) is 38.1 Å². The van der Waals surface area contributed by atoms with Crippen molar-refractivity contribution in [1.82, 2.24) is 0 Å². The largest absolute Gasteiger partial charge is 0.452 e. The lowest BCUT2D eigenvalue weighted by Gasteiger charge is -2.41. The molecule has 1 heterocycles. The number of carbonyl (C=O) groups is 3. The van der Waals surface area contributed by atoms with Crippen LogP contribution in [0.4, 0.5) is 11.4 Å². The second-order valence-electron chi connectivity index (χ2n) is 8.34. The number of esters is 1. The van der Waals surface area contributed by atoms with Gasteiger partial charge in [0.05, 0.1) is 16.9 Å². The number of nitrogens with zero attached hydrogens (tertiary/aromatic N) is 1. The monoisotopic (exact) mass is 408 g/mol. The molecule has 0 saturated heterocycles. The molecule has 0 radical (unpaired) electrons. The van der Waals surface area contributed by atoms with Gasteiger partial charge in [0.1, 0.15) is 5.54 Å². The van der Waals surface area contributed by atoms with Gasteiger partial charge in [-0.3, -0.25) is 14.5 Å². The Morgan fingerprint density at radius 2 is 1.47 bits per heavy atom. The molecule has 0 fully saturated rings. The SMILES string of the molecule is Cc1c(C)c(C)c(C(=O)OCC(=O)N2c3ccccc3NC(=O)C2(C)C)c(C)c1C. The molecule has 2 aromatic carbocycles. The van der Waals surface area contributed by atoms with Crippen molar-refractivity contribution >= 4 is 29.2 Å². The highest BCUT2D eigenvalue weighted by atomic mass is 16.5. The van der Waals surface area contributed by atoms with Crippen molar-refractivity contribution in [3.8, 4) is 0 Å². The Hall–Kier alpha value is -3.15. The molecule has 0 spiro atoms. The lowest BCUT2D eigenvalue weighted by atomic mass is 9.90. The standard InChI is InChI=1S/C24H28N2O4/c1-13-14(2)16(4)21(17(5)15(13)3)22(28)30-12-20(27)26-19-11-9-8-10-18(19)25-23(29)24(26,6)7/h8-11H,12H2,1-7H3,(H,25,29). The number of hydrogen-bond acceptors (Lipinski definition) is 4. The maximum absolute atomic E-state index is 13.1. The Balaban J connectivity index is 1.88. The van der Waals surface area contributed by atoms with Crippen LogP contribution in [0.15, 0.2) is 24.3 Å². The number of hydrogen-bond donors (Lipinski definition) is 1. The lowest BCUT2D eigenvalue weighted by Crippen LogP contribution is -2.59. The normalized spacial score (nSPS) is 14.8. The van der Waals surface area contributed by atoms with Gasteiger partial charge in [-0.25, -0.2) is 4.79 Å². The van der Waals surface area contributed by atoms with Gasteiger partial charge in [0.15, 0.2) is 6.61 Å². The molecule has 0 unspecified atom stereocenters. The van der Waals surface area contributed by atoms with E-state index in [0.717, 1.165) is 27.8 Å². The van der Waals surface area contributed by atoms with E-state index in [1.807, 2.05) is 34.6 Å². The third kappa shape index (κ3) is 3.36. The molecule has 3 rings (SSSR count). The molecule has 0 bridgehead atoms. The molecule has 0 aliphatic carbocycles. The maximum atomic E-state index is 13.1. The molecule has 0 atom stereocenters. The fraction of sp³-hybridized carbons (Fsp3) is 0.375. The van der Waals surface area contributed by atoms with E-state index in [2.05, 4.69) is 5.32 Å². The molecule has 6 nitrogen and oxygen atoms in total. The van der Waals surface area contributed by atoms with Crippen molar-refractivity contribution in [3.05, 3.63) is 57.6 Å². The summed E-state index contributed by atoms with van der Waals surface area (Å²) in [4.78, 5) is 39.9. The summed E-state index contributed by atoms with van der Waals surface area (Å²) in [6.07, 6.45) is 0. The number of anilines is 2. The van der Waals surface area contributed by atoms with Crippen LogP contribution in [0.25, 0.3) is 0 Å². The van der Waals surface area contributed by atoms with Gasteiger partial charge in [-0.05, 0) is 88.4 Å². The first-order valence-electron chi connectivity index (χ1n) is 9.96. The van der Waals surface area contributed by atoms with Gasteiger partial charge in [-0.15, -0.1) is 0 Å². The van der Waals surface area contributed by atoms with Gasteiger partial charge in [0, 0.05) is 0 Å². The molecule has 1 aliphatic rings. The minimum Gasteiger partial charge on any atom is -0.452 e. The minimum atomic E-state index is -1.11. The Kier molecular flexibility index (Phi) is 5.46. The predicted octanol–water partition coefficient (Wildman–Crippen LogP) is 4.15. The van der Waals surface area contributed by atoms with Gasteiger partial charge < -0.3 is 10.1 Å². The van der Waals surface area contributed by atoms with E-state index in [-0.39, 0.29) is 5.91 Å². The summed E-state index contributed by atoms with van der Waals surface area (Å²) < 4.78 is 5.44. The first-order chi connectivity index (χ1) is 14.0. The zero-order valence-corrected chi connectivity index (χ0v) is 18.6. The lowest BCUT2D eigenvalue weighted by molar-refractivity contribution is -0.128. The van der Waals surface area contributed by atoms with Crippen molar-refractivity contribution in [2.75, 3.05) is 16.8 Å². The van der Waals surface area contributed by atoms with Gasteiger partial charge in [0.25, 0.3) is 5.91 Å². The molecule has 2 aromatic rings. The van der Waals surface area contributed by atoms with E-state index in [1.165, 1.54) is 4.90 Å². The third-order valence-corrected chi connectivity index (χ3v) is 6.29. The molecule has 1 aliphatic heterocycles. The highest BCUT2D eigenvalue weighted by Crippen LogP contribution is 2.36. The van der Waals surface area contributed by atoms with Crippen LogP contribution in [0.3, 0.4) is 0 Å². The summed E-state index contributed by atoms with van der Waals surface area (Å²) in [5.74, 6) is -1.28.